The molecule has 0 aromatic carbocycles. The Bertz CT molecular complexity index is 193. The molecule has 1 saturated heterocycles. The van der Waals surface area contributed by atoms with Crippen LogP contribution < -0.4 is 0 Å². The fraction of sp³-hybridized carbons (Fsp3) is 0.909. The summed E-state index contributed by atoms with van der Waals surface area (Å²) in [5.41, 5.74) is 0.225. The Hall–Kier alpha value is -0.370. The van der Waals surface area contributed by atoms with E-state index < -0.39 is 0 Å². The topological polar surface area (TPSA) is 20.3 Å². The van der Waals surface area contributed by atoms with E-state index in [4.69, 9.17) is 0 Å². The van der Waals surface area contributed by atoms with Gasteiger partial charge in [-0.15, -0.1) is 0 Å². The molecule has 13 heavy (non-hydrogen) atoms. The second kappa shape index (κ2) is 3.79. The molecule has 2 nitrogen and oxygen atoms in total. The number of hydrogen-bond donors (Lipinski definition) is 0. The molecule has 2 heteroatoms. The second-order valence-electron chi connectivity index (χ2n) is 4.92. The summed E-state index contributed by atoms with van der Waals surface area (Å²) < 4.78 is 0. The van der Waals surface area contributed by atoms with Gasteiger partial charge in [-0.25, -0.2) is 0 Å². The molecular weight excluding hydrogens is 162 g/mol. The van der Waals surface area contributed by atoms with Gasteiger partial charge in [-0.3, -0.25) is 9.69 Å². The first-order valence-corrected chi connectivity index (χ1v) is 5.23. The van der Waals surface area contributed by atoms with E-state index in [1.807, 2.05) is 6.92 Å². The van der Waals surface area contributed by atoms with Crippen molar-refractivity contribution < 1.29 is 4.79 Å². The summed E-state index contributed by atoms with van der Waals surface area (Å²) in [5, 5.41) is 0. The minimum Gasteiger partial charge on any atom is -0.299 e. The van der Waals surface area contributed by atoms with Crippen LogP contribution in [-0.4, -0.2) is 29.3 Å². The molecular formula is C11H21NO. The molecule has 0 N–H and O–H groups in total. The lowest BCUT2D eigenvalue weighted by molar-refractivity contribution is -0.122. The van der Waals surface area contributed by atoms with Crippen LogP contribution in [0.3, 0.4) is 0 Å². The number of ketones is 1. The summed E-state index contributed by atoms with van der Waals surface area (Å²) in [6.07, 6.45) is 1.76. The third kappa shape index (κ3) is 2.53. The van der Waals surface area contributed by atoms with Crippen molar-refractivity contribution in [3.8, 4) is 0 Å². The maximum absolute atomic E-state index is 11.5. The Morgan fingerprint density at radius 3 is 2.46 bits per heavy atom. The van der Waals surface area contributed by atoms with Gasteiger partial charge in [0.25, 0.3) is 0 Å². The summed E-state index contributed by atoms with van der Waals surface area (Å²) in [7, 11) is 0. The third-order valence-corrected chi connectivity index (χ3v) is 2.94. The van der Waals surface area contributed by atoms with E-state index in [-0.39, 0.29) is 5.54 Å². The smallest absolute Gasteiger partial charge is 0.137 e. The summed E-state index contributed by atoms with van der Waals surface area (Å²) in [6, 6.07) is 0. The Morgan fingerprint density at radius 2 is 2.08 bits per heavy atom. The van der Waals surface area contributed by atoms with Crippen LogP contribution in [0.5, 0.6) is 0 Å². The zero-order valence-electron chi connectivity index (χ0n) is 9.26. The van der Waals surface area contributed by atoms with Crippen LogP contribution in [0.2, 0.25) is 0 Å². The highest BCUT2D eigenvalue weighted by molar-refractivity contribution is 5.81. The van der Waals surface area contributed by atoms with Crippen molar-refractivity contribution in [2.45, 2.75) is 46.1 Å². The van der Waals surface area contributed by atoms with Crippen molar-refractivity contribution in [1.29, 1.82) is 0 Å². The van der Waals surface area contributed by atoms with Gasteiger partial charge < -0.3 is 0 Å². The van der Waals surface area contributed by atoms with Gasteiger partial charge in [0.05, 0.1) is 0 Å². The van der Waals surface area contributed by atoms with Gasteiger partial charge in [-0.2, -0.15) is 0 Å². The second-order valence-corrected chi connectivity index (χ2v) is 4.92. The van der Waals surface area contributed by atoms with Crippen LogP contribution in [0.4, 0.5) is 0 Å². The quantitative estimate of drug-likeness (QED) is 0.653. The van der Waals surface area contributed by atoms with Crippen molar-refractivity contribution in [2.24, 2.45) is 5.92 Å². The lowest BCUT2D eigenvalue weighted by Gasteiger charge is -2.31. The van der Waals surface area contributed by atoms with Crippen LogP contribution in [0, 0.1) is 5.92 Å². The Morgan fingerprint density at radius 1 is 1.46 bits per heavy atom. The Kier molecular flexibility index (Phi) is 3.12. The van der Waals surface area contributed by atoms with Crippen LogP contribution in [-0.2, 0) is 4.79 Å². The summed E-state index contributed by atoms with van der Waals surface area (Å²) in [5.74, 6) is 0.746. The number of likely N-dealkylation sites (tertiary alicyclic amines) is 1. The van der Waals surface area contributed by atoms with Gasteiger partial charge >= 0.3 is 0 Å². The first-order chi connectivity index (χ1) is 5.95. The first-order valence-electron chi connectivity index (χ1n) is 5.23. The summed E-state index contributed by atoms with van der Waals surface area (Å²) in [6.45, 7) is 10.7. The number of Topliss-reactive ketones (excluding diaryl/α,β-unsaturated/α-hetero) is 1. The Labute approximate surface area is 81.3 Å². The van der Waals surface area contributed by atoms with Gasteiger partial charge in [0, 0.05) is 24.4 Å². The fourth-order valence-corrected chi connectivity index (χ4v) is 1.92. The number of nitrogens with zero attached hydrogens (tertiary/aromatic N) is 1. The standard InChI is InChI=1S/C11H21NO/c1-5-10(13)9-6-7-12(8-9)11(2,3)4/h9H,5-8H2,1-4H3. The van der Waals surface area contributed by atoms with Gasteiger partial charge in [0.2, 0.25) is 0 Å². The molecule has 0 aromatic rings. The number of hydrogen-bond acceptors (Lipinski definition) is 2. The van der Waals surface area contributed by atoms with E-state index in [0.717, 1.165) is 19.5 Å². The highest BCUT2D eigenvalue weighted by Gasteiger charge is 2.32. The predicted octanol–water partition coefficient (Wildman–Crippen LogP) is 2.09. The monoisotopic (exact) mass is 183 g/mol. The van der Waals surface area contributed by atoms with E-state index in [1.165, 1.54) is 0 Å². The lowest BCUT2D eigenvalue weighted by Crippen LogP contribution is -2.39. The van der Waals surface area contributed by atoms with Crippen molar-refractivity contribution in [1.82, 2.24) is 4.90 Å². The molecule has 0 amide bonds. The molecule has 1 fully saturated rings. The van der Waals surface area contributed by atoms with Crippen molar-refractivity contribution in [2.75, 3.05) is 13.1 Å². The maximum atomic E-state index is 11.5. The number of rotatable bonds is 2. The average molecular weight is 183 g/mol. The molecule has 0 saturated carbocycles. The average Bonchev–Trinajstić information content (AvgIpc) is 2.50. The third-order valence-electron chi connectivity index (χ3n) is 2.94. The van der Waals surface area contributed by atoms with Crippen LogP contribution >= 0.6 is 0 Å². The summed E-state index contributed by atoms with van der Waals surface area (Å²) in [4.78, 5) is 13.9. The van der Waals surface area contributed by atoms with Crippen molar-refractivity contribution >= 4 is 5.78 Å². The van der Waals surface area contributed by atoms with E-state index >= 15 is 0 Å². The van der Waals surface area contributed by atoms with E-state index in [2.05, 4.69) is 25.7 Å². The van der Waals surface area contributed by atoms with Gasteiger partial charge in [-0.05, 0) is 33.7 Å². The van der Waals surface area contributed by atoms with E-state index in [9.17, 15) is 4.79 Å². The maximum Gasteiger partial charge on any atom is 0.137 e. The molecule has 0 aromatic heterocycles. The van der Waals surface area contributed by atoms with Crippen LogP contribution in [0.25, 0.3) is 0 Å². The largest absolute Gasteiger partial charge is 0.299 e. The molecule has 0 radical (unpaired) electrons. The molecule has 0 bridgehead atoms. The lowest BCUT2D eigenvalue weighted by atomic mass is 10.0. The Balaban J connectivity index is 2.50. The molecule has 1 unspecified atom stereocenters. The van der Waals surface area contributed by atoms with Gasteiger partial charge in [0.1, 0.15) is 5.78 Å². The molecule has 1 atom stereocenters. The minimum absolute atomic E-state index is 0.225. The molecule has 1 heterocycles. The number of carbonyl (C=O) groups is 1. The van der Waals surface area contributed by atoms with Crippen LogP contribution in [0.1, 0.15) is 40.5 Å². The molecule has 1 aliphatic heterocycles. The van der Waals surface area contributed by atoms with Gasteiger partial charge in [0.15, 0.2) is 0 Å². The van der Waals surface area contributed by atoms with Gasteiger partial charge in [-0.1, -0.05) is 6.92 Å². The van der Waals surface area contributed by atoms with E-state index in [0.29, 0.717) is 18.1 Å². The molecule has 0 aliphatic carbocycles. The zero-order valence-corrected chi connectivity index (χ0v) is 9.26. The van der Waals surface area contributed by atoms with E-state index in [1.54, 1.807) is 0 Å². The fourth-order valence-electron chi connectivity index (χ4n) is 1.92. The summed E-state index contributed by atoms with van der Waals surface area (Å²) >= 11 is 0. The van der Waals surface area contributed by atoms with Crippen molar-refractivity contribution in [3.63, 3.8) is 0 Å². The molecule has 1 aliphatic rings. The zero-order chi connectivity index (χ0) is 10.1. The molecule has 1 rings (SSSR count). The SMILES string of the molecule is CCC(=O)C1CCN(C(C)(C)C)C1. The highest BCUT2D eigenvalue weighted by atomic mass is 16.1. The van der Waals surface area contributed by atoms with Crippen LogP contribution in [0.15, 0.2) is 0 Å². The predicted molar refractivity (Wildman–Crippen MR) is 54.7 cm³/mol. The normalized spacial score (nSPS) is 25.1. The highest BCUT2D eigenvalue weighted by Crippen LogP contribution is 2.25. The first kappa shape index (κ1) is 10.7. The van der Waals surface area contributed by atoms with Crippen molar-refractivity contribution in [3.05, 3.63) is 0 Å². The number of carbonyl (C=O) groups excluding carboxylic acids is 1. The molecule has 76 valence electrons. The minimum atomic E-state index is 0.225. The molecule has 0 spiro atoms.